The van der Waals surface area contributed by atoms with Crippen molar-refractivity contribution in [1.29, 1.82) is 0 Å². The number of imidazole rings is 1. The van der Waals surface area contributed by atoms with Crippen molar-refractivity contribution in [1.82, 2.24) is 9.55 Å². The van der Waals surface area contributed by atoms with Gasteiger partial charge >= 0.3 is 0 Å². The second kappa shape index (κ2) is 3.65. The lowest BCUT2D eigenvalue weighted by Gasteiger charge is -2.07. The number of carbonyl (C=O) groups is 1. The molecule has 0 atom stereocenters. The van der Waals surface area contributed by atoms with Gasteiger partial charge in [-0.15, -0.1) is 0 Å². The summed E-state index contributed by atoms with van der Waals surface area (Å²) >= 11 is 0. The van der Waals surface area contributed by atoms with Crippen LogP contribution in [0.4, 0.5) is 4.39 Å². The smallest absolute Gasteiger partial charge is 0.164 e. The highest BCUT2D eigenvalue weighted by Gasteiger charge is 2.13. The first-order valence-electron chi connectivity index (χ1n) is 4.48. The molecule has 0 bridgehead atoms. The topological polar surface area (TPSA) is 34.9 Å². The second-order valence-corrected chi connectivity index (χ2v) is 3.16. The van der Waals surface area contributed by atoms with E-state index in [1.54, 1.807) is 29.1 Å². The number of carbonyl (C=O) groups excluding carboxylic acids is 1. The van der Waals surface area contributed by atoms with E-state index >= 15 is 0 Å². The van der Waals surface area contributed by atoms with Crippen LogP contribution < -0.4 is 0 Å². The van der Waals surface area contributed by atoms with Crippen LogP contribution in [0.2, 0.25) is 0 Å². The summed E-state index contributed by atoms with van der Waals surface area (Å²) in [5.74, 6) is -0.800. The van der Waals surface area contributed by atoms with Gasteiger partial charge in [0.25, 0.3) is 0 Å². The van der Waals surface area contributed by atoms with E-state index in [2.05, 4.69) is 4.98 Å². The molecule has 1 aromatic heterocycles. The summed E-state index contributed by atoms with van der Waals surface area (Å²) in [4.78, 5) is 15.2. The Hall–Kier alpha value is -1.97. The molecular formula is C11H9FN2O. The first-order chi connectivity index (χ1) is 7.20. The normalized spacial score (nSPS) is 10.3. The molecule has 1 aromatic carbocycles. The predicted molar refractivity (Wildman–Crippen MR) is 53.5 cm³/mol. The molecule has 15 heavy (non-hydrogen) atoms. The van der Waals surface area contributed by atoms with Crippen LogP contribution >= 0.6 is 0 Å². The van der Waals surface area contributed by atoms with E-state index in [1.165, 1.54) is 19.3 Å². The summed E-state index contributed by atoms with van der Waals surface area (Å²) < 4.78 is 15.0. The summed E-state index contributed by atoms with van der Waals surface area (Å²) in [5, 5.41) is 0. The van der Waals surface area contributed by atoms with Crippen LogP contribution in [0.25, 0.3) is 5.69 Å². The molecule has 0 amide bonds. The second-order valence-electron chi connectivity index (χ2n) is 3.16. The SMILES string of the molecule is CC(=O)c1c(F)cccc1-n1ccnc1. The van der Waals surface area contributed by atoms with Crippen LogP contribution in [0.5, 0.6) is 0 Å². The van der Waals surface area contributed by atoms with E-state index in [4.69, 9.17) is 0 Å². The van der Waals surface area contributed by atoms with Gasteiger partial charge in [-0.2, -0.15) is 0 Å². The fourth-order valence-electron chi connectivity index (χ4n) is 1.48. The van der Waals surface area contributed by atoms with Gasteiger partial charge in [-0.05, 0) is 19.1 Å². The maximum Gasteiger partial charge on any atom is 0.164 e. The molecule has 2 aromatic rings. The van der Waals surface area contributed by atoms with Gasteiger partial charge in [-0.25, -0.2) is 9.37 Å². The molecule has 0 aliphatic rings. The minimum atomic E-state index is -0.506. The maximum absolute atomic E-state index is 13.4. The Morgan fingerprint density at radius 2 is 2.27 bits per heavy atom. The van der Waals surface area contributed by atoms with Crippen molar-refractivity contribution in [3.05, 3.63) is 48.3 Å². The molecule has 0 saturated heterocycles. The van der Waals surface area contributed by atoms with E-state index in [-0.39, 0.29) is 11.3 Å². The highest BCUT2D eigenvalue weighted by Crippen LogP contribution is 2.18. The third kappa shape index (κ3) is 1.66. The van der Waals surface area contributed by atoms with Crippen LogP contribution in [0, 0.1) is 5.82 Å². The third-order valence-electron chi connectivity index (χ3n) is 2.13. The Bertz CT molecular complexity index is 491. The number of hydrogen-bond donors (Lipinski definition) is 0. The highest BCUT2D eigenvalue weighted by molar-refractivity contribution is 5.97. The van der Waals surface area contributed by atoms with Crippen LogP contribution in [0.15, 0.2) is 36.9 Å². The molecule has 0 radical (unpaired) electrons. The summed E-state index contributed by atoms with van der Waals surface area (Å²) in [6.45, 7) is 1.35. The standard InChI is InChI=1S/C11H9FN2O/c1-8(15)11-9(12)3-2-4-10(11)14-6-5-13-7-14/h2-7H,1H3. The molecule has 0 aliphatic heterocycles. The van der Waals surface area contributed by atoms with Gasteiger partial charge < -0.3 is 4.57 Å². The number of rotatable bonds is 2. The fraction of sp³-hybridized carbons (Fsp3) is 0.0909. The predicted octanol–water partition coefficient (Wildman–Crippen LogP) is 2.21. The van der Waals surface area contributed by atoms with Gasteiger partial charge in [0.15, 0.2) is 5.78 Å². The van der Waals surface area contributed by atoms with Crippen LogP contribution in [0.3, 0.4) is 0 Å². The van der Waals surface area contributed by atoms with E-state index in [0.29, 0.717) is 5.69 Å². The van der Waals surface area contributed by atoms with E-state index < -0.39 is 5.82 Å². The summed E-state index contributed by atoms with van der Waals surface area (Å²) in [7, 11) is 0. The van der Waals surface area contributed by atoms with Gasteiger partial charge in [-0.3, -0.25) is 4.79 Å². The van der Waals surface area contributed by atoms with Gasteiger partial charge in [-0.1, -0.05) is 6.07 Å². The Labute approximate surface area is 86.2 Å². The van der Waals surface area contributed by atoms with Crippen LogP contribution in [0.1, 0.15) is 17.3 Å². The van der Waals surface area contributed by atoms with Crippen LogP contribution in [-0.4, -0.2) is 15.3 Å². The number of benzene rings is 1. The van der Waals surface area contributed by atoms with Crippen LogP contribution in [-0.2, 0) is 0 Å². The minimum absolute atomic E-state index is 0.0931. The first kappa shape index (κ1) is 9.58. The lowest BCUT2D eigenvalue weighted by molar-refractivity contribution is 0.101. The van der Waals surface area contributed by atoms with E-state index in [0.717, 1.165) is 0 Å². The average Bonchev–Trinajstić information content (AvgIpc) is 2.69. The highest BCUT2D eigenvalue weighted by atomic mass is 19.1. The molecule has 76 valence electrons. The Balaban J connectivity index is 2.66. The van der Waals surface area contributed by atoms with Crippen molar-refractivity contribution < 1.29 is 9.18 Å². The Morgan fingerprint density at radius 1 is 1.47 bits per heavy atom. The minimum Gasteiger partial charge on any atom is -0.305 e. The molecule has 0 aliphatic carbocycles. The molecule has 0 saturated carbocycles. The zero-order valence-corrected chi connectivity index (χ0v) is 8.14. The first-order valence-corrected chi connectivity index (χ1v) is 4.48. The molecule has 0 spiro atoms. The van der Waals surface area contributed by atoms with E-state index in [1.807, 2.05) is 0 Å². The van der Waals surface area contributed by atoms with Gasteiger partial charge in [0.1, 0.15) is 5.82 Å². The summed E-state index contributed by atoms with van der Waals surface area (Å²) in [6.07, 6.45) is 4.78. The Kier molecular flexibility index (Phi) is 2.33. The molecule has 1 heterocycles. The lowest BCUT2D eigenvalue weighted by atomic mass is 10.1. The number of halogens is 1. The molecule has 0 fully saturated rings. The van der Waals surface area contributed by atoms with E-state index in [9.17, 15) is 9.18 Å². The third-order valence-corrected chi connectivity index (χ3v) is 2.13. The molecule has 0 N–H and O–H groups in total. The van der Waals surface area contributed by atoms with Crippen molar-refractivity contribution in [3.8, 4) is 5.69 Å². The average molecular weight is 204 g/mol. The fourth-order valence-corrected chi connectivity index (χ4v) is 1.48. The zero-order chi connectivity index (χ0) is 10.8. The molecular weight excluding hydrogens is 195 g/mol. The molecule has 0 unspecified atom stereocenters. The number of Topliss-reactive ketones (excluding diaryl/α,β-unsaturated/α-hetero) is 1. The monoisotopic (exact) mass is 204 g/mol. The van der Waals surface area contributed by atoms with Crippen molar-refractivity contribution in [3.63, 3.8) is 0 Å². The lowest BCUT2D eigenvalue weighted by Crippen LogP contribution is -2.04. The summed E-state index contributed by atoms with van der Waals surface area (Å²) in [6, 6.07) is 4.52. The van der Waals surface area contributed by atoms with Crippen molar-refractivity contribution >= 4 is 5.78 Å². The number of nitrogens with zero attached hydrogens (tertiary/aromatic N) is 2. The largest absolute Gasteiger partial charge is 0.305 e. The van der Waals surface area contributed by atoms with Gasteiger partial charge in [0.2, 0.25) is 0 Å². The van der Waals surface area contributed by atoms with Gasteiger partial charge in [0.05, 0.1) is 17.6 Å². The molecule has 3 nitrogen and oxygen atoms in total. The van der Waals surface area contributed by atoms with Crippen molar-refractivity contribution in [2.75, 3.05) is 0 Å². The zero-order valence-electron chi connectivity index (χ0n) is 8.14. The number of hydrogen-bond acceptors (Lipinski definition) is 2. The van der Waals surface area contributed by atoms with Gasteiger partial charge in [0, 0.05) is 12.4 Å². The quantitative estimate of drug-likeness (QED) is 0.703. The van der Waals surface area contributed by atoms with Crippen molar-refractivity contribution in [2.24, 2.45) is 0 Å². The number of ketones is 1. The summed E-state index contributed by atoms with van der Waals surface area (Å²) in [5.41, 5.74) is 0.607. The maximum atomic E-state index is 13.4. The Morgan fingerprint density at radius 3 is 2.87 bits per heavy atom. The molecule has 4 heteroatoms. The van der Waals surface area contributed by atoms with Crippen molar-refractivity contribution in [2.45, 2.75) is 6.92 Å². The molecule has 2 rings (SSSR count). The number of aromatic nitrogens is 2.